The first kappa shape index (κ1) is 30.1. The van der Waals surface area contributed by atoms with Crippen LogP contribution in [0.4, 0.5) is 20.5 Å². The van der Waals surface area contributed by atoms with E-state index in [-0.39, 0.29) is 18.3 Å². The summed E-state index contributed by atoms with van der Waals surface area (Å²) in [6.45, 7) is 2.43. The number of alkyl halides is 2. The normalized spacial score (nSPS) is 34.4. The van der Waals surface area contributed by atoms with Gasteiger partial charge < -0.3 is 16.0 Å². The Balaban J connectivity index is 0.939. The molecule has 10 heteroatoms. The van der Waals surface area contributed by atoms with Crippen LogP contribution >= 0.6 is 11.6 Å². The van der Waals surface area contributed by atoms with Gasteiger partial charge in [-0.2, -0.15) is 10.2 Å². The maximum Gasteiger partial charge on any atom is 0.250 e. The predicted octanol–water partition coefficient (Wildman–Crippen LogP) is 6.85. The van der Waals surface area contributed by atoms with Gasteiger partial charge in [-0.15, -0.1) is 0 Å². The van der Waals surface area contributed by atoms with Gasteiger partial charge in [0.15, 0.2) is 0 Å². The van der Waals surface area contributed by atoms with Crippen molar-refractivity contribution in [2.45, 2.75) is 101 Å². The maximum absolute atomic E-state index is 13.7. The summed E-state index contributed by atoms with van der Waals surface area (Å²) in [6.07, 6.45) is 12.5. The lowest BCUT2D eigenvalue weighted by atomic mass is 9.47. The van der Waals surface area contributed by atoms with Gasteiger partial charge in [-0.1, -0.05) is 29.8 Å². The van der Waals surface area contributed by atoms with Gasteiger partial charge in [0.1, 0.15) is 17.5 Å². The summed E-state index contributed by atoms with van der Waals surface area (Å²) in [5.74, 6) is 0.788. The van der Waals surface area contributed by atoms with Crippen molar-refractivity contribution in [3.63, 3.8) is 0 Å². The zero-order valence-corrected chi connectivity index (χ0v) is 26.1. The molecular formula is C34H44ClF2N7. The first-order chi connectivity index (χ1) is 21.3. The van der Waals surface area contributed by atoms with Gasteiger partial charge in [-0.25, -0.2) is 13.8 Å². The number of halogens is 3. The monoisotopic (exact) mass is 623 g/mol. The minimum atomic E-state index is -2.47. The second kappa shape index (κ2) is 12.3. The van der Waals surface area contributed by atoms with E-state index >= 15 is 0 Å². The Morgan fingerprint density at radius 2 is 1.73 bits per heavy atom. The summed E-state index contributed by atoms with van der Waals surface area (Å²) in [7, 11) is 0. The summed E-state index contributed by atoms with van der Waals surface area (Å²) in [5.41, 5.74) is 1.67. The van der Waals surface area contributed by atoms with E-state index in [1.807, 2.05) is 24.3 Å². The molecule has 0 spiro atoms. The third kappa shape index (κ3) is 6.41. The van der Waals surface area contributed by atoms with Crippen LogP contribution in [0.3, 0.4) is 0 Å². The van der Waals surface area contributed by atoms with E-state index in [2.05, 4.69) is 31.9 Å². The molecule has 1 aromatic heterocycles. The summed E-state index contributed by atoms with van der Waals surface area (Å²) < 4.78 is 27.3. The van der Waals surface area contributed by atoms with Crippen molar-refractivity contribution in [3.05, 3.63) is 46.6 Å². The Morgan fingerprint density at radius 1 is 1.00 bits per heavy atom. The van der Waals surface area contributed by atoms with Gasteiger partial charge in [0.25, 0.3) is 5.92 Å². The van der Waals surface area contributed by atoms with Crippen molar-refractivity contribution in [2.24, 2.45) is 23.2 Å². The van der Waals surface area contributed by atoms with Crippen LogP contribution in [0.15, 0.2) is 30.5 Å². The zero-order valence-electron chi connectivity index (χ0n) is 25.4. The number of hydrogen-bond donors (Lipinski definition) is 3. The molecule has 4 bridgehead atoms. The molecule has 2 heterocycles. The number of piperidine rings is 1. The van der Waals surface area contributed by atoms with Crippen molar-refractivity contribution < 1.29 is 8.78 Å². The van der Waals surface area contributed by atoms with Gasteiger partial charge in [-0.05, 0) is 92.6 Å². The number of rotatable bonds is 9. The van der Waals surface area contributed by atoms with Crippen LogP contribution in [0, 0.1) is 34.5 Å². The standard InChI is InChI=1S/C34H44ClF2N7/c35-29-4-2-1-3-23(29)19-39-32-40-20-26(18-38)31(43-32)41-21-33-15-22-13-24(16-33)30(25(14-22)17-33)42-27-5-7-28(8-6-27)44-11-9-34(36,37)10-12-44/h1-4,20,22,24-25,27-28,30,42H,5-17,19,21H2,(H2,39,40,41,43)/t22?,24-,25+,27?,28?,30+,33?. The lowest BCUT2D eigenvalue weighted by Gasteiger charge is -2.61. The first-order valence-electron chi connectivity index (χ1n) is 16.6. The van der Waals surface area contributed by atoms with Crippen LogP contribution in [-0.4, -0.2) is 58.6 Å². The Morgan fingerprint density at radius 3 is 2.43 bits per heavy atom. The number of hydrogen-bond acceptors (Lipinski definition) is 7. The third-order valence-electron chi connectivity index (χ3n) is 11.5. The lowest BCUT2D eigenvalue weighted by molar-refractivity contribution is -0.0760. The van der Waals surface area contributed by atoms with Gasteiger partial charge in [0, 0.05) is 62.2 Å². The van der Waals surface area contributed by atoms with Gasteiger partial charge in [0.05, 0.1) is 6.20 Å². The lowest BCUT2D eigenvalue weighted by Crippen LogP contribution is -2.61. The van der Waals surface area contributed by atoms with Crippen LogP contribution in [0.2, 0.25) is 5.02 Å². The molecule has 5 saturated carbocycles. The number of likely N-dealkylation sites (tertiary alicyclic amines) is 1. The molecule has 2 unspecified atom stereocenters. The molecule has 44 heavy (non-hydrogen) atoms. The van der Waals surface area contributed by atoms with Crippen molar-refractivity contribution in [2.75, 3.05) is 30.3 Å². The SMILES string of the molecule is N#Cc1cnc(NCc2ccccc2Cl)nc1NCC12CC3C[C@H](C1)[C@H](NC1CCC(N4CCC(F)(F)CC4)CC1)[C@@H](C3)C2. The number of anilines is 2. The molecule has 3 N–H and O–H groups in total. The number of aromatic nitrogens is 2. The van der Waals surface area contributed by atoms with Crippen LogP contribution < -0.4 is 16.0 Å². The van der Waals surface area contributed by atoms with Crippen molar-refractivity contribution in [1.29, 1.82) is 5.26 Å². The van der Waals surface area contributed by atoms with Crippen molar-refractivity contribution in [3.8, 4) is 6.07 Å². The highest BCUT2D eigenvalue weighted by Gasteiger charge is 2.55. The summed E-state index contributed by atoms with van der Waals surface area (Å²) in [5, 5.41) is 21.5. The predicted molar refractivity (Wildman–Crippen MR) is 169 cm³/mol. The van der Waals surface area contributed by atoms with E-state index in [9.17, 15) is 14.0 Å². The summed E-state index contributed by atoms with van der Waals surface area (Å²) >= 11 is 6.31. The average Bonchev–Trinajstić information content (AvgIpc) is 3.01. The minimum absolute atomic E-state index is 0.0189. The molecule has 6 fully saturated rings. The second-order valence-corrected chi connectivity index (χ2v) is 14.8. The topological polar surface area (TPSA) is 88.9 Å². The van der Waals surface area contributed by atoms with Crippen LogP contribution in [0.5, 0.6) is 0 Å². The molecule has 236 valence electrons. The van der Waals surface area contributed by atoms with Crippen molar-refractivity contribution in [1.82, 2.24) is 20.2 Å². The molecule has 5 aliphatic carbocycles. The molecule has 0 amide bonds. The second-order valence-electron chi connectivity index (χ2n) is 14.4. The summed E-state index contributed by atoms with van der Waals surface area (Å²) in [6, 6.07) is 11.6. The van der Waals surface area contributed by atoms with Gasteiger partial charge in [0.2, 0.25) is 5.95 Å². The van der Waals surface area contributed by atoms with Gasteiger partial charge in [-0.3, -0.25) is 4.90 Å². The molecule has 1 aliphatic heterocycles. The molecule has 1 saturated heterocycles. The Bertz CT molecular complexity index is 1350. The summed E-state index contributed by atoms with van der Waals surface area (Å²) in [4.78, 5) is 11.4. The largest absolute Gasteiger partial charge is 0.368 e. The molecular weight excluding hydrogens is 580 g/mol. The van der Waals surface area contributed by atoms with Gasteiger partial charge >= 0.3 is 0 Å². The van der Waals surface area contributed by atoms with Crippen LogP contribution in [0.25, 0.3) is 0 Å². The van der Waals surface area contributed by atoms with E-state index in [4.69, 9.17) is 16.6 Å². The maximum atomic E-state index is 13.7. The molecule has 6 aliphatic rings. The smallest absolute Gasteiger partial charge is 0.250 e. The van der Waals surface area contributed by atoms with E-state index in [0.717, 1.165) is 43.7 Å². The fraction of sp³-hybridized carbons (Fsp3) is 0.676. The Labute approximate surface area is 264 Å². The minimum Gasteiger partial charge on any atom is -0.368 e. The number of nitrogens with zero attached hydrogens (tertiary/aromatic N) is 4. The van der Waals surface area contributed by atoms with E-state index in [1.54, 1.807) is 6.20 Å². The fourth-order valence-corrected chi connectivity index (χ4v) is 9.75. The van der Waals surface area contributed by atoms with Crippen molar-refractivity contribution >= 4 is 23.4 Å². The number of benzene rings is 1. The van der Waals surface area contributed by atoms with E-state index in [0.29, 0.717) is 71.9 Å². The van der Waals surface area contributed by atoms with E-state index in [1.165, 1.54) is 32.1 Å². The van der Waals surface area contributed by atoms with Crippen LogP contribution in [0.1, 0.15) is 81.8 Å². The third-order valence-corrected chi connectivity index (χ3v) is 11.9. The molecule has 1 aromatic carbocycles. The molecule has 8 rings (SSSR count). The Hall–Kier alpha value is -2.54. The number of nitrogens with one attached hydrogen (secondary N) is 3. The molecule has 5 atom stereocenters. The molecule has 2 aromatic rings. The van der Waals surface area contributed by atoms with Crippen LogP contribution in [-0.2, 0) is 6.54 Å². The Kier molecular flexibility index (Phi) is 8.45. The highest BCUT2D eigenvalue weighted by Crippen LogP contribution is 2.60. The average molecular weight is 624 g/mol. The zero-order chi connectivity index (χ0) is 30.3. The molecule has 0 radical (unpaired) electrons. The number of nitriles is 1. The first-order valence-corrected chi connectivity index (χ1v) is 17.0. The quantitative estimate of drug-likeness (QED) is 0.281. The highest BCUT2D eigenvalue weighted by molar-refractivity contribution is 6.31. The highest BCUT2D eigenvalue weighted by atomic mass is 35.5. The fourth-order valence-electron chi connectivity index (χ4n) is 9.55. The molecule has 7 nitrogen and oxygen atoms in total. The van der Waals surface area contributed by atoms with E-state index < -0.39 is 5.92 Å².